The summed E-state index contributed by atoms with van der Waals surface area (Å²) in [4.78, 5) is 0. The molecule has 3 fully saturated rings. The van der Waals surface area contributed by atoms with Gasteiger partial charge < -0.3 is 18.4 Å². The topological polar surface area (TPSA) is 0 Å². The van der Waals surface area contributed by atoms with Gasteiger partial charge in [0.2, 0.25) is 0 Å². The maximum Gasteiger partial charge on any atom is 0.762 e. The van der Waals surface area contributed by atoms with Crippen molar-refractivity contribution >= 4 is 15.1 Å². The van der Waals surface area contributed by atoms with Crippen LogP contribution in [-0.4, -0.2) is 76.4 Å². The Bertz CT molecular complexity index is 266. The van der Waals surface area contributed by atoms with Crippen molar-refractivity contribution in [1.82, 2.24) is 0 Å². The lowest BCUT2D eigenvalue weighted by molar-refractivity contribution is -1.02. The van der Waals surface area contributed by atoms with Gasteiger partial charge in [0.15, 0.2) is 0 Å². The molecule has 24 heavy (non-hydrogen) atoms. The molecule has 0 aromatic carbocycles. The van der Waals surface area contributed by atoms with Crippen LogP contribution in [0.2, 0.25) is 0 Å². The Kier molecular flexibility index (Phi) is 12.8. The first-order valence-corrected chi connectivity index (χ1v) is 7.84. The Labute approximate surface area is 138 Å². The van der Waals surface area contributed by atoms with Gasteiger partial charge in [-0.25, -0.2) is 0 Å². The van der Waals surface area contributed by atoms with Crippen molar-refractivity contribution in [2.24, 2.45) is 0 Å². The van der Waals surface area contributed by atoms with E-state index in [2.05, 4.69) is 0 Å². The molecule has 0 aliphatic carbocycles. The van der Waals surface area contributed by atoms with Gasteiger partial charge in [-0.15, -0.1) is 0 Å². The summed E-state index contributed by atoms with van der Waals surface area (Å²) in [7, 11) is -7.33. The van der Waals surface area contributed by atoms with Gasteiger partial charge in [-0.3, -0.25) is 25.9 Å². The third-order valence-electron chi connectivity index (χ3n) is 5.13. The number of quaternary nitrogens is 2. The van der Waals surface area contributed by atoms with E-state index in [9.17, 15) is 25.9 Å². The highest BCUT2D eigenvalue weighted by atomic mass is 19.4. The molecule has 0 radical (unpaired) electrons. The highest BCUT2D eigenvalue weighted by Crippen LogP contribution is 2.28. The summed E-state index contributed by atoms with van der Waals surface area (Å²) in [6, 6.07) is 0. The molecular formula is C12H24B2F8N2. The van der Waals surface area contributed by atoms with Gasteiger partial charge in [-0.2, -0.15) is 0 Å². The van der Waals surface area contributed by atoms with E-state index in [1.165, 1.54) is 87.0 Å². The molecule has 2 nitrogen and oxygen atoms in total. The summed E-state index contributed by atoms with van der Waals surface area (Å²) < 4.78 is 61.0. The molecule has 0 atom stereocenters. The quantitative estimate of drug-likeness (QED) is 0.242. The molecule has 0 aromatic heterocycles. The fourth-order valence-electron chi connectivity index (χ4n) is 3.98. The van der Waals surface area contributed by atoms with E-state index in [0.717, 1.165) is 0 Å². The Morgan fingerprint density at radius 2 is 0.583 bits per heavy atom. The van der Waals surface area contributed by atoms with Crippen LogP contribution in [0, 0.1) is 0 Å². The fraction of sp³-hybridized carbons (Fsp3) is 1.00. The average Bonchev–Trinajstić information content (AvgIpc) is 3.02. The molecule has 0 N–H and O–H groups in total. The lowest BCUT2D eigenvalue weighted by Gasteiger charge is -2.46. The molecule has 3 saturated heterocycles. The summed E-state index contributed by atoms with van der Waals surface area (Å²) in [6.07, 6.45) is 6.00. The van der Waals surface area contributed by atoms with Crippen LogP contribution in [0.5, 0.6) is 0 Å². The Hall–Kier alpha value is -0.510. The van der Waals surface area contributed by atoms with Gasteiger partial charge in [0.25, 0.3) is 0 Å². The summed E-state index contributed by atoms with van der Waals surface area (Å²) in [6.45, 7) is 12.0. The third-order valence-corrected chi connectivity index (χ3v) is 5.13. The van der Waals surface area contributed by atoms with Crippen LogP contribution in [0.4, 0.5) is 25.9 Å². The van der Waals surface area contributed by atoms with Crippen LogP contribution >= 0.6 is 0 Å². The van der Waals surface area contributed by atoms with Gasteiger partial charge in [-0.05, 0) is 0 Å². The van der Waals surface area contributed by atoms with E-state index >= 15 is 0 Å². The zero-order valence-electron chi connectivity index (χ0n) is 13.6. The van der Waals surface area contributed by atoms with Crippen molar-refractivity contribution in [3.05, 3.63) is 0 Å². The van der Waals surface area contributed by atoms with Crippen LogP contribution in [0.3, 0.4) is 0 Å². The van der Waals surface area contributed by atoms with Crippen molar-refractivity contribution in [3.8, 4) is 0 Å². The first kappa shape index (κ1) is 25.7. The molecule has 0 aromatic rings. The number of halogens is 8. The fourth-order valence-corrected chi connectivity index (χ4v) is 3.98. The Morgan fingerprint density at radius 1 is 0.417 bits per heavy atom. The third kappa shape index (κ3) is 9.10. The predicted molar refractivity (Wildman–Crippen MR) is 76.1 cm³/mol. The van der Waals surface area contributed by atoms with E-state index in [1.807, 2.05) is 0 Å². The minimum atomic E-state index is -3.67. The minimum absolute atomic E-state index is 0. The number of nitrogens with zero attached hydrogens (tertiary/aromatic N) is 2. The van der Waals surface area contributed by atoms with Gasteiger partial charge in [-0.1, -0.05) is 0 Å². The number of hydrogen-bond donors (Lipinski definition) is 0. The van der Waals surface area contributed by atoms with Crippen LogP contribution in [0.15, 0.2) is 0 Å². The van der Waals surface area contributed by atoms with Gasteiger partial charge in [0.05, 0.1) is 26.2 Å². The molecule has 144 valence electrons. The summed E-state index contributed by atoms with van der Waals surface area (Å²) in [5, 5.41) is 0. The molecule has 3 aliphatic heterocycles. The van der Waals surface area contributed by atoms with Crippen LogP contribution in [0.25, 0.3) is 0 Å². The highest BCUT2D eigenvalue weighted by Gasteiger charge is 2.44. The standard InChI is InChI=1S/C12H24N2.2BF3.2FH/c1-2-6-13(5-1)9-11-14(12-10-13)7-3-4-8-14;2*2-1(3)4;;/h1-12H2;;;2*1H/q+2;;;;/p-2. The zero-order valence-corrected chi connectivity index (χ0v) is 13.6. The SMILES string of the molecule is C1CC[N+]2(C1)CC[N+]1(CCCC1)CC2.FB(F)F.FB(F)F.[F-].[F-]. The summed E-state index contributed by atoms with van der Waals surface area (Å²) >= 11 is 0. The molecule has 2 spiro atoms. The smallest absolute Gasteiger partial charge is 0.762 e. The molecule has 12 heteroatoms. The van der Waals surface area contributed by atoms with E-state index in [1.54, 1.807) is 0 Å². The maximum absolute atomic E-state index is 9.67. The lowest BCUT2D eigenvalue weighted by atomic mass is 10.2. The number of piperazine rings is 1. The molecule has 3 heterocycles. The molecule has 0 bridgehead atoms. The van der Waals surface area contributed by atoms with E-state index < -0.39 is 15.1 Å². The first-order valence-electron chi connectivity index (χ1n) is 7.84. The predicted octanol–water partition coefficient (Wildman–Crippen LogP) is -3.01. The largest absolute Gasteiger partial charge is 1.00 e. The normalized spacial score (nSPS) is 22.2. The summed E-state index contributed by atoms with van der Waals surface area (Å²) in [5.74, 6) is 0. The van der Waals surface area contributed by atoms with Crippen molar-refractivity contribution in [1.29, 1.82) is 0 Å². The highest BCUT2D eigenvalue weighted by molar-refractivity contribution is 6.33. The number of hydrogen-bond acceptors (Lipinski definition) is 0. The van der Waals surface area contributed by atoms with E-state index in [-0.39, 0.29) is 9.41 Å². The number of rotatable bonds is 0. The monoisotopic (exact) mass is 370 g/mol. The Morgan fingerprint density at radius 3 is 0.750 bits per heavy atom. The average molecular weight is 370 g/mol. The van der Waals surface area contributed by atoms with Crippen molar-refractivity contribution < 1.29 is 44.3 Å². The molecule has 3 aliphatic rings. The van der Waals surface area contributed by atoms with Gasteiger partial charge in [0, 0.05) is 25.7 Å². The second-order valence-electron chi connectivity index (χ2n) is 6.38. The van der Waals surface area contributed by atoms with Crippen molar-refractivity contribution in [2.45, 2.75) is 25.7 Å². The van der Waals surface area contributed by atoms with Crippen LogP contribution in [-0.2, 0) is 0 Å². The zero-order chi connectivity index (χ0) is 16.6. The van der Waals surface area contributed by atoms with Gasteiger partial charge >= 0.3 is 15.1 Å². The van der Waals surface area contributed by atoms with E-state index in [0.29, 0.717) is 0 Å². The second-order valence-corrected chi connectivity index (χ2v) is 6.38. The molecule has 0 unspecified atom stereocenters. The summed E-state index contributed by atoms with van der Waals surface area (Å²) in [5.41, 5.74) is 0. The first-order chi connectivity index (χ1) is 10.3. The van der Waals surface area contributed by atoms with E-state index in [4.69, 9.17) is 0 Å². The maximum atomic E-state index is 9.67. The van der Waals surface area contributed by atoms with Gasteiger partial charge in [0.1, 0.15) is 26.2 Å². The van der Waals surface area contributed by atoms with Crippen LogP contribution < -0.4 is 9.41 Å². The Balaban J connectivity index is 0. The van der Waals surface area contributed by atoms with Crippen molar-refractivity contribution in [3.63, 3.8) is 0 Å². The lowest BCUT2D eigenvalue weighted by Crippen LogP contribution is -3.00. The second kappa shape index (κ2) is 11.9. The molecule has 0 saturated carbocycles. The molecule has 3 rings (SSSR count). The van der Waals surface area contributed by atoms with Crippen LogP contribution in [0.1, 0.15) is 25.7 Å². The van der Waals surface area contributed by atoms with Crippen molar-refractivity contribution in [2.75, 3.05) is 52.4 Å². The minimum Gasteiger partial charge on any atom is -1.00 e. The molecular weight excluding hydrogens is 346 g/mol. The molecule has 0 amide bonds.